The average molecular weight is 294 g/mol. The summed E-state index contributed by atoms with van der Waals surface area (Å²) in [6.45, 7) is 1.85. The van der Waals surface area contributed by atoms with Gasteiger partial charge in [0, 0.05) is 0 Å². The standard InChI is InChI=1S/C17H15FN4/c1-12-11-22(17(19)21-12)20-10-13-4-2-5-14(8-13)15-6-3-7-16(18)9-15/h2-11H,1H3,(H2,19,21). The second-order valence-corrected chi connectivity index (χ2v) is 4.97. The van der Waals surface area contributed by atoms with Crippen molar-refractivity contribution < 1.29 is 4.39 Å². The van der Waals surface area contributed by atoms with Gasteiger partial charge in [0.25, 0.3) is 0 Å². The molecule has 3 rings (SSSR count). The number of nitrogens with two attached hydrogens (primary N) is 1. The predicted octanol–water partition coefficient (Wildman–Crippen LogP) is 3.46. The van der Waals surface area contributed by atoms with Crippen LogP contribution in [0.25, 0.3) is 11.1 Å². The monoisotopic (exact) mass is 294 g/mol. The summed E-state index contributed by atoms with van der Waals surface area (Å²) in [6, 6.07) is 14.2. The molecule has 0 aliphatic heterocycles. The van der Waals surface area contributed by atoms with Gasteiger partial charge in [0.15, 0.2) is 0 Å². The largest absolute Gasteiger partial charge is 0.368 e. The average Bonchev–Trinajstić information content (AvgIpc) is 2.83. The molecule has 0 saturated carbocycles. The van der Waals surface area contributed by atoms with E-state index in [1.165, 1.54) is 16.8 Å². The van der Waals surface area contributed by atoms with E-state index in [4.69, 9.17) is 5.73 Å². The van der Waals surface area contributed by atoms with E-state index in [-0.39, 0.29) is 5.82 Å². The third-order valence-electron chi connectivity index (χ3n) is 3.21. The van der Waals surface area contributed by atoms with Gasteiger partial charge in [-0.15, -0.1) is 0 Å². The lowest BCUT2D eigenvalue weighted by atomic mass is 10.0. The van der Waals surface area contributed by atoms with Crippen molar-refractivity contribution in [1.82, 2.24) is 9.66 Å². The second kappa shape index (κ2) is 5.81. The fraction of sp³-hybridized carbons (Fsp3) is 0.0588. The van der Waals surface area contributed by atoms with Crippen LogP contribution in [0.15, 0.2) is 59.8 Å². The lowest BCUT2D eigenvalue weighted by molar-refractivity contribution is 0.628. The van der Waals surface area contributed by atoms with Crippen molar-refractivity contribution in [2.24, 2.45) is 5.10 Å². The molecule has 0 amide bonds. The highest BCUT2D eigenvalue weighted by Crippen LogP contribution is 2.20. The molecule has 5 heteroatoms. The van der Waals surface area contributed by atoms with Crippen LogP contribution in [0.1, 0.15) is 11.3 Å². The summed E-state index contributed by atoms with van der Waals surface area (Å²) in [5, 5.41) is 4.28. The van der Waals surface area contributed by atoms with Gasteiger partial charge >= 0.3 is 0 Å². The van der Waals surface area contributed by atoms with E-state index in [0.717, 1.165) is 22.4 Å². The maximum atomic E-state index is 13.3. The summed E-state index contributed by atoms with van der Waals surface area (Å²) in [5.74, 6) is 0.0910. The van der Waals surface area contributed by atoms with Crippen molar-refractivity contribution in [3.8, 4) is 11.1 Å². The van der Waals surface area contributed by atoms with Crippen LogP contribution in [-0.2, 0) is 0 Å². The first kappa shape index (κ1) is 14.0. The number of benzene rings is 2. The molecule has 0 fully saturated rings. The molecule has 0 aliphatic rings. The Hall–Kier alpha value is -2.95. The topological polar surface area (TPSA) is 56.2 Å². The van der Waals surface area contributed by atoms with Crippen LogP contribution in [0, 0.1) is 12.7 Å². The first-order chi connectivity index (χ1) is 10.6. The third-order valence-corrected chi connectivity index (χ3v) is 3.21. The van der Waals surface area contributed by atoms with Crippen LogP contribution in [0.2, 0.25) is 0 Å². The number of nitrogens with zero attached hydrogens (tertiary/aromatic N) is 3. The van der Waals surface area contributed by atoms with E-state index in [2.05, 4.69) is 10.1 Å². The Morgan fingerprint density at radius 2 is 1.86 bits per heavy atom. The molecule has 0 atom stereocenters. The lowest BCUT2D eigenvalue weighted by Crippen LogP contribution is -1.97. The van der Waals surface area contributed by atoms with Crippen LogP contribution in [0.4, 0.5) is 10.3 Å². The van der Waals surface area contributed by atoms with E-state index in [1.54, 1.807) is 18.5 Å². The van der Waals surface area contributed by atoms with Gasteiger partial charge in [-0.2, -0.15) is 5.10 Å². The molecular formula is C17H15FN4. The highest BCUT2D eigenvalue weighted by molar-refractivity contribution is 5.82. The molecule has 0 unspecified atom stereocenters. The minimum absolute atomic E-state index is 0.252. The normalized spacial score (nSPS) is 11.2. The van der Waals surface area contributed by atoms with Crippen LogP contribution in [-0.4, -0.2) is 15.9 Å². The number of nitrogen functional groups attached to an aromatic ring is 1. The molecule has 0 saturated heterocycles. The molecule has 2 aromatic carbocycles. The van der Waals surface area contributed by atoms with Gasteiger partial charge in [0.05, 0.1) is 18.1 Å². The molecule has 4 nitrogen and oxygen atoms in total. The van der Waals surface area contributed by atoms with Crippen LogP contribution >= 0.6 is 0 Å². The van der Waals surface area contributed by atoms with E-state index < -0.39 is 0 Å². The smallest absolute Gasteiger partial charge is 0.221 e. The van der Waals surface area contributed by atoms with Crippen molar-refractivity contribution >= 4 is 12.2 Å². The number of aromatic nitrogens is 2. The minimum Gasteiger partial charge on any atom is -0.368 e. The number of hydrogen-bond donors (Lipinski definition) is 1. The molecular weight excluding hydrogens is 279 g/mol. The highest BCUT2D eigenvalue weighted by Gasteiger charge is 2.01. The van der Waals surface area contributed by atoms with E-state index >= 15 is 0 Å². The number of rotatable bonds is 3. The van der Waals surface area contributed by atoms with Crippen molar-refractivity contribution in [2.45, 2.75) is 6.92 Å². The zero-order valence-corrected chi connectivity index (χ0v) is 12.1. The molecule has 0 aliphatic carbocycles. The lowest BCUT2D eigenvalue weighted by Gasteiger charge is -2.03. The van der Waals surface area contributed by atoms with Gasteiger partial charge in [-0.25, -0.2) is 14.1 Å². The minimum atomic E-state index is -0.252. The van der Waals surface area contributed by atoms with Gasteiger partial charge in [0.2, 0.25) is 5.95 Å². The van der Waals surface area contributed by atoms with Crippen molar-refractivity contribution in [1.29, 1.82) is 0 Å². The van der Waals surface area contributed by atoms with E-state index in [9.17, 15) is 4.39 Å². The number of hydrogen-bond acceptors (Lipinski definition) is 3. The van der Waals surface area contributed by atoms with E-state index in [0.29, 0.717) is 5.95 Å². The molecule has 22 heavy (non-hydrogen) atoms. The van der Waals surface area contributed by atoms with Crippen molar-refractivity contribution in [2.75, 3.05) is 5.73 Å². The Kier molecular flexibility index (Phi) is 3.70. The Morgan fingerprint density at radius 1 is 1.14 bits per heavy atom. The van der Waals surface area contributed by atoms with Crippen molar-refractivity contribution in [3.05, 3.63) is 71.8 Å². The highest BCUT2D eigenvalue weighted by atomic mass is 19.1. The van der Waals surface area contributed by atoms with E-state index in [1.807, 2.05) is 37.3 Å². The summed E-state index contributed by atoms with van der Waals surface area (Å²) >= 11 is 0. The van der Waals surface area contributed by atoms with Gasteiger partial charge in [-0.3, -0.25) is 0 Å². The van der Waals surface area contributed by atoms with Crippen LogP contribution < -0.4 is 5.73 Å². The maximum absolute atomic E-state index is 13.3. The Labute approximate surface area is 127 Å². The molecule has 0 spiro atoms. The second-order valence-electron chi connectivity index (χ2n) is 4.97. The number of anilines is 1. The van der Waals surface area contributed by atoms with Crippen LogP contribution in [0.3, 0.4) is 0 Å². The molecule has 2 N–H and O–H groups in total. The molecule has 110 valence electrons. The fourth-order valence-corrected chi connectivity index (χ4v) is 2.19. The van der Waals surface area contributed by atoms with Gasteiger partial charge in [0.1, 0.15) is 5.82 Å². The quantitative estimate of drug-likeness (QED) is 0.752. The molecule has 0 bridgehead atoms. The molecule has 3 aromatic rings. The summed E-state index contributed by atoms with van der Waals surface area (Å²) in [6.07, 6.45) is 3.45. The Bertz CT molecular complexity index is 836. The Morgan fingerprint density at radius 3 is 2.55 bits per heavy atom. The van der Waals surface area contributed by atoms with Gasteiger partial charge in [-0.1, -0.05) is 30.3 Å². The number of imidazole rings is 1. The zero-order chi connectivity index (χ0) is 15.5. The van der Waals surface area contributed by atoms with Gasteiger partial charge in [-0.05, 0) is 41.8 Å². The predicted molar refractivity (Wildman–Crippen MR) is 86.2 cm³/mol. The molecule has 1 aromatic heterocycles. The van der Waals surface area contributed by atoms with Crippen molar-refractivity contribution in [3.63, 3.8) is 0 Å². The SMILES string of the molecule is Cc1cn(N=Cc2cccc(-c3cccc(F)c3)c2)c(N)n1. The fourth-order valence-electron chi connectivity index (χ4n) is 2.19. The zero-order valence-electron chi connectivity index (χ0n) is 12.1. The molecule has 0 radical (unpaired) electrons. The summed E-state index contributed by atoms with van der Waals surface area (Å²) < 4.78 is 14.8. The number of aryl methyl sites for hydroxylation is 1. The van der Waals surface area contributed by atoms with Crippen LogP contribution in [0.5, 0.6) is 0 Å². The Balaban J connectivity index is 1.90. The maximum Gasteiger partial charge on any atom is 0.221 e. The number of halogens is 1. The summed E-state index contributed by atoms with van der Waals surface area (Å²) in [4.78, 5) is 4.08. The third kappa shape index (κ3) is 3.03. The molecule has 1 heterocycles. The summed E-state index contributed by atoms with van der Waals surface area (Å²) in [5.41, 5.74) is 9.20. The van der Waals surface area contributed by atoms with Gasteiger partial charge < -0.3 is 5.73 Å². The summed E-state index contributed by atoms with van der Waals surface area (Å²) in [7, 11) is 0. The first-order valence-corrected chi connectivity index (χ1v) is 6.83. The first-order valence-electron chi connectivity index (χ1n) is 6.83.